The van der Waals surface area contributed by atoms with Gasteiger partial charge in [0.25, 0.3) is 0 Å². The van der Waals surface area contributed by atoms with E-state index in [9.17, 15) is 0 Å². The van der Waals surface area contributed by atoms with Crippen LogP contribution in [0.4, 0.5) is 5.69 Å². The fraction of sp³-hybridized carbons (Fsp3) is 0.571. The molecule has 0 aliphatic heterocycles. The highest BCUT2D eigenvalue weighted by Crippen LogP contribution is 2.26. The average Bonchev–Trinajstić information content (AvgIpc) is 3.09. The lowest BCUT2D eigenvalue weighted by atomic mass is 10.1. The first kappa shape index (κ1) is 12.9. The summed E-state index contributed by atoms with van der Waals surface area (Å²) in [7, 11) is 2.16. The normalized spacial score (nSPS) is 15.4. The predicted molar refractivity (Wildman–Crippen MR) is 77.5 cm³/mol. The first-order valence-corrected chi connectivity index (χ1v) is 7.12. The summed E-state index contributed by atoms with van der Waals surface area (Å²) in [6.07, 6.45) is 2.67. The maximum Gasteiger partial charge on any atom is 0.0412 e. The van der Waals surface area contributed by atoms with Gasteiger partial charge in [-0.3, -0.25) is 0 Å². The number of halogens is 1. The van der Waals surface area contributed by atoms with Gasteiger partial charge in [0.1, 0.15) is 0 Å². The second kappa shape index (κ2) is 5.40. The van der Waals surface area contributed by atoms with Crippen LogP contribution in [0.5, 0.6) is 0 Å². The second-order valence-electron chi connectivity index (χ2n) is 5.13. The monoisotopic (exact) mass is 296 g/mol. The van der Waals surface area contributed by atoms with E-state index in [2.05, 4.69) is 65.2 Å². The Hall–Kier alpha value is -0.540. The van der Waals surface area contributed by atoms with E-state index in [1.54, 1.807) is 0 Å². The van der Waals surface area contributed by atoms with Crippen LogP contribution in [0, 0.1) is 0 Å². The van der Waals surface area contributed by atoms with Crippen LogP contribution in [0.15, 0.2) is 22.7 Å². The third-order valence-corrected chi connectivity index (χ3v) is 3.85. The van der Waals surface area contributed by atoms with E-state index in [0.717, 1.165) is 17.1 Å². The summed E-state index contributed by atoms with van der Waals surface area (Å²) in [5.74, 6) is 0. The third-order valence-electron chi connectivity index (χ3n) is 3.35. The Kier molecular flexibility index (Phi) is 4.10. The molecular formula is C14H21BrN2. The zero-order chi connectivity index (χ0) is 12.4. The van der Waals surface area contributed by atoms with Crippen molar-refractivity contribution in [2.45, 2.75) is 45.3 Å². The van der Waals surface area contributed by atoms with Crippen LogP contribution < -0.4 is 10.2 Å². The molecular weight excluding hydrogens is 276 g/mol. The zero-order valence-electron chi connectivity index (χ0n) is 10.8. The molecule has 0 saturated heterocycles. The minimum Gasteiger partial charge on any atom is -0.372 e. The molecule has 1 N–H and O–H groups in total. The van der Waals surface area contributed by atoms with E-state index < -0.39 is 0 Å². The van der Waals surface area contributed by atoms with E-state index >= 15 is 0 Å². The maximum atomic E-state index is 3.59. The Morgan fingerprint density at radius 3 is 2.71 bits per heavy atom. The van der Waals surface area contributed by atoms with Gasteiger partial charge in [-0.25, -0.2) is 0 Å². The van der Waals surface area contributed by atoms with E-state index in [1.165, 1.54) is 24.1 Å². The quantitative estimate of drug-likeness (QED) is 0.894. The smallest absolute Gasteiger partial charge is 0.0412 e. The van der Waals surface area contributed by atoms with Crippen LogP contribution in [0.3, 0.4) is 0 Å². The van der Waals surface area contributed by atoms with Crippen molar-refractivity contribution in [3.05, 3.63) is 28.2 Å². The van der Waals surface area contributed by atoms with Crippen molar-refractivity contribution in [3.8, 4) is 0 Å². The standard InChI is InChI=1S/C14H21BrN2/c1-10(2)17(3)14-7-4-12(15)8-11(14)9-16-13-5-6-13/h4,7-8,10,13,16H,5-6,9H2,1-3H3. The highest BCUT2D eigenvalue weighted by atomic mass is 79.9. The number of benzene rings is 1. The summed E-state index contributed by atoms with van der Waals surface area (Å²) in [6.45, 7) is 5.41. The molecule has 1 aliphatic carbocycles. The summed E-state index contributed by atoms with van der Waals surface area (Å²) in [5, 5.41) is 3.59. The third kappa shape index (κ3) is 3.46. The molecule has 0 spiro atoms. The summed E-state index contributed by atoms with van der Waals surface area (Å²) < 4.78 is 1.16. The molecule has 0 bridgehead atoms. The first-order chi connectivity index (χ1) is 8.08. The molecule has 1 aromatic carbocycles. The molecule has 1 aliphatic rings. The van der Waals surface area contributed by atoms with Crippen molar-refractivity contribution in [1.82, 2.24) is 5.32 Å². The summed E-state index contributed by atoms with van der Waals surface area (Å²) in [5.41, 5.74) is 2.71. The molecule has 0 atom stereocenters. The van der Waals surface area contributed by atoms with Crippen LogP contribution in [0.2, 0.25) is 0 Å². The highest BCUT2D eigenvalue weighted by molar-refractivity contribution is 9.10. The molecule has 1 fully saturated rings. The fourth-order valence-corrected chi connectivity index (χ4v) is 2.27. The summed E-state index contributed by atoms with van der Waals surface area (Å²) >= 11 is 3.56. The Morgan fingerprint density at radius 2 is 2.12 bits per heavy atom. The van der Waals surface area contributed by atoms with Crippen molar-refractivity contribution in [2.75, 3.05) is 11.9 Å². The first-order valence-electron chi connectivity index (χ1n) is 6.32. The minimum atomic E-state index is 0.524. The van der Waals surface area contributed by atoms with Gasteiger partial charge >= 0.3 is 0 Å². The lowest BCUT2D eigenvalue weighted by Gasteiger charge is -2.26. The SMILES string of the molecule is CC(C)N(C)c1ccc(Br)cc1CNC1CC1. The van der Waals surface area contributed by atoms with Crippen LogP contribution in [0.25, 0.3) is 0 Å². The van der Waals surface area contributed by atoms with Gasteiger partial charge in [-0.1, -0.05) is 15.9 Å². The number of hydrogen-bond acceptors (Lipinski definition) is 2. The summed E-state index contributed by atoms with van der Waals surface area (Å²) in [6, 6.07) is 7.83. The van der Waals surface area contributed by atoms with E-state index in [1.807, 2.05) is 0 Å². The number of rotatable bonds is 5. The molecule has 2 rings (SSSR count). The maximum absolute atomic E-state index is 3.59. The second-order valence-corrected chi connectivity index (χ2v) is 6.05. The largest absolute Gasteiger partial charge is 0.372 e. The number of anilines is 1. The molecule has 17 heavy (non-hydrogen) atoms. The Balaban J connectivity index is 2.16. The van der Waals surface area contributed by atoms with E-state index in [0.29, 0.717) is 6.04 Å². The molecule has 1 aromatic rings. The van der Waals surface area contributed by atoms with E-state index in [4.69, 9.17) is 0 Å². The van der Waals surface area contributed by atoms with Crippen molar-refractivity contribution in [1.29, 1.82) is 0 Å². The predicted octanol–water partition coefficient (Wildman–Crippen LogP) is 3.55. The Morgan fingerprint density at radius 1 is 1.41 bits per heavy atom. The molecule has 3 heteroatoms. The van der Waals surface area contributed by atoms with Gasteiger partial charge in [0, 0.05) is 35.8 Å². The van der Waals surface area contributed by atoms with Crippen molar-refractivity contribution >= 4 is 21.6 Å². The van der Waals surface area contributed by atoms with Gasteiger partial charge in [-0.2, -0.15) is 0 Å². The van der Waals surface area contributed by atoms with Crippen LogP contribution >= 0.6 is 15.9 Å². The minimum absolute atomic E-state index is 0.524. The molecule has 0 radical (unpaired) electrons. The van der Waals surface area contributed by atoms with Gasteiger partial charge in [0.15, 0.2) is 0 Å². The fourth-order valence-electron chi connectivity index (χ4n) is 1.86. The molecule has 2 nitrogen and oxygen atoms in total. The van der Waals surface area contributed by atoms with Crippen molar-refractivity contribution < 1.29 is 0 Å². The van der Waals surface area contributed by atoms with Crippen molar-refractivity contribution in [3.63, 3.8) is 0 Å². The van der Waals surface area contributed by atoms with Gasteiger partial charge in [-0.05, 0) is 50.5 Å². The Labute approximate surface area is 113 Å². The molecule has 0 aromatic heterocycles. The van der Waals surface area contributed by atoms with Crippen LogP contribution in [0.1, 0.15) is 32.3 Å². The van der Waals surface area contributed by atoms with Gasteiger partial charge in [0.2, 0.25) is 0 Å². The lowest BCUT2D eigenvalue weighted by molar-refractivity contribution is 0.679. The van der Waals surface area contributed by atoms with Gasteiger partial charge in [-0.15, -0.1) is 0 Å². The van der Waals surface area contributed by atoms with Crippen LogP contribution in [-0.2, 0) is 6.54 Å². The average molecular weight is 297 g/mol. The molecule has 1 saturated carbocycles. The Bertz CT molecular complexity index is 386. The van der Waals surface area contributed by atoms with Gasteiger partial charge in [0.05, 0.1) is 0 Å². The van der Waals surface area contributed by atoms with Crippen molar-refractivity contribution in [2.24, 2.45) is 0 Å². The number of hydrogen-bond donors (Lipinski definition) is 1. The topological polar surface area (TPSA) is 15.3 Å². The highest BCUT2D eigenvalue weighted by Gasteiger charge is 2.21. The number of nitrogens with zero attached hydrogens (tertiary/aromatic N) is 1. The molecule has 0 heterocycles. The number of nitrogens with one attached hydrogen (secondary N) is 1. The summed E-state index contributed by atoms with van der Waals surface area (Å²) in [4.78, 5) is 2.33. The van der Waals surface area contributed by atoms with Gasteiger partial charge < -0.3 is 10.2 Å². The zero-order valence-corrected chi connectivity index (χ0v) is 12.4. The molecule has 0 unspecified atom stereocenters. The van der Waals surface area contributed by atoms with E-state index in [-0.39, 0.29) is 0 Å². The lowest BCUT2D eigenvalue weighted by Crippen LogP contribution is -2.28. The molecule has 0 amide bonds. The van der Waals surface area contributed by atoms with Crippen LogP contribution in [-0.4, -0.2) is 19.1 Å². The molecule has 94 valence electrons.